The standard InChI is InChI=1S/C32H36ClN7O3.C29H34ClN7O2.C3H3ClO.CH4/c1-5-27(41)35-21-15-13-20(14-16-21)19-40(31(42)43-32(2,3)4)23-10-8-9-22(17-23)36-30-34-18-25(33)29(37-30)28-24-11-6-7-12-26(24)38-39-28;1-29(2,3)39-28(38)37(17-18-11-13-19(31)14-12-18)21-8-6-7-20(15-21)33-27-32-16-23(30)26(34-27)25-22-9-4-5-10-24(22)35-36-25;1-2-3(4)5;/h5-7,11-16,18,22-23H,1,8-10,17,19H2,2-4H3,(H,35,41)(H,38,39)(H,34,36,37);4-5,9-14,16,20-21H,6-8,15,17,31H2,1-3H3,(H,35,36)(H,32,33,34);2H,1H2;1H4/t22?,23-;20?,21-;;/m00../s1. The van der Waals surface area contributed by atoms with Crippen molar-refractivity contribution in [1.82, 2.24) is 50.1 Å². The summed E-state index contributed by atoms with van der Waals surface area (Å²) in [7, 11) is 0. The minimum atomic E-state index is -0.634. The molecule has 0 radical (unpaired) electrons. The largest absolute Gasteiger partial charge is 0.444 e. The normalized spacial score (nSPS) is 16.4. The van der Waals surface area contributed by atoms with E-state index in [0.29, 0.717) is 75.6 Å². The van der Waals surface area contributed by atoms with Crippen LogP contribution in [0.4, 0.5) is 32.9 Å². The van der Waals surface area contributed by atoms with Crippen molar-refractivity contribution in [2.24, 2.45) is 0 Å². The number of halogens is 3. The molecule has 0 spiro atoms. The van der Waals surface area contributed by atoms with E-state index in [9.17, 15) is 19.2 Å². The minimum Gasteiger partial charge on any atom is -0.444 e. The summed E-state index contributed by atoms with van der Waals surface area (Å²) >= 11 is 17.7. The number of nitrogens with one attached hydrogen (secondary N) is 5. The van der Waals surface area contributed by atoms with E-state index in [-0.39, 0.29) is 49.7 Å². The molecule has 4 heterocycles. The fourth-order valence-corrected chi connectivity index (χ4v) is 10.6. The molecule has 2 unspecified atom stereocenters. The van der Waals surface area contributed by atoms with Crippen LogP contribution in [-0.4, -0.2) is 109 Å². The van der Waals surface area contributed by atoms with Gasteiger partial charge in [0.05, 0.1) is 33.5 Å². The number of rotatable bonds is 15. The van der Waals surface area contributed by atoms with Crippen LogP contribution in [0, 0.1) is 0 Å². The van der Waals surface area contributed by atoms with Crippen molar-refractivity contribution in [1.29, 1.82) is 0 Å². The molecule has 2 saturated carbocycles. The van der Waals surface area contributed by atoms with Crippen LogP contribution < -0.4 is 21.7 Å². The van der Waals surface area contributed by atoms with Gasteiger partial charge in [-0.3, -0.25) is 19.8 Å². The Bertz CT molecular complexity index is 3700. The zero-order valence-corrected chi connectivity index (χ0v) is 51.8. The highest BCUT2D eigenvalue weighted by atomic mass is 35.5. The van der Waals surface area contributed by atoms with Crippen molar-refractivity contribution in [2.75, 3.05) is 21.7 Å². The molecule has 0 bridgehead atoms. The van der Waals surface area contributed by atoms with Crippen LogP contribution in [0.3, 0.4) is 0 Å². The molecule has 0 saturated heterocycles. The maximum atomic E-state index is 13.5. The highest BCUT2D eigenvalue weighted by Gasteiger charge is 2.35. The monoisotopic (exact) mass is 1250 g/mol. The number of hydrogen-bond donors (Lipinski definition) is 6. The summed E-state index contributed by atoms with van der Waals surface area (Å²) in [6.45, 7) is 18.6. The van der Waals surface area contributed by atoms with E-state index in [0.717, 1.165) is 84.0 Å². The summed E-state index contributed by atoms with van der Waals surface area (Å²) in [4.78, 5) is 69.9. The van der Waals surface area contributed by atoms with Crippen LogP contribution in [-0.2, 0) is 32.2 Å². The van der Waals surface area contributed by atoms with Gasteiger partial charge in [0.15, 0.2) is 0 Å². The number of carbonyl (C=O) groups excluding carboxylic acids is 4. The number of nitrogens with zero attached hydrogens (tertiary/aromatic N) is 8. The van der Waals surface area contributed by atoms with Gasteiger partial charge in [-0.15, -0.1) is 0 Å². The molecule has 4 aromatic carbocycles. The van der Waals surface area contributed by atoms with Gasteiger partial charge in [0.2, 0.25) is 23.0 Å². The second kappa shape index (κ2) is 30.4. The van der Waals surface area contributed by atoms with E-state index in [2.05, 4.69) is 59.5 Å². The molecule has 3 amide bonds. The quantitative estimate of drug-likeness (QED) is 0.0317. The molecule has 8 aromatic rings. The van der Waals surface area contributed by atoms with Crippen molar-refractivity contribution < 1.29 is 28.7 Å². The number of hydrogen-bond acceptors (Lipinski definition) is 15. The molecule has 10 rings (SSSR count). The number of amides is 3. The lowest BCUT2D eigenvalue weighted by atomic mass is 9.90. The number of anilines is 4. The van der Waals surface area contributed by atoms with Crippen LogP contribution in [0.1, 0.15) is 111 Å². The lowest BCUT2D eigenvalue weighted by molar-refractivity contribution is -0.112. The van der Waals surface area contributed by atoms with Gasteiger partial charge in [0, 0.05) is 59.4 Å². The number of ether oxygens (including phenoxy) is 2. The summed E-state index contributed by atoms with van der Waals surface area (Å²) < 4.78 is 11.6. The van der Waals surface area contributed by atoms with Crippen molar-refractivity contribution >= 4 is 103 Å². The van der Waals surface area contributed by atoms with E-state index in [1.54, 1.807) is 17.3 Å². The third-order valence-electron chi connectivity index (χ3n) is 14.2. The SMILES string of the molecule is C.C=CC(=O)Cl.C=CC(=O)Nc1ccc(CN(C(=O)OC(C)(C)C)[C@H]2CCCC(Nc3ncc(Cl)c(-c4n[nH]c5ccccc45)n3)C2)cc1.CC(C)(C)OC(=O)N(Cc1ccc(N)cc1)[C@H]1CCCC(Nc2ncc(Cl)c(-c3n[nH]c4ccccc34)n2)C1. The Morgan fingerprint density at radius 1 is 0.625 bits per heavy atom. The van der Waals surface area contributed by atoms with Crippen molar-refractivity contribution in [2.45, 2.75) is 149 Å². The molecule has 4 atom stereocenters. The topological polar surface area (TPSA) is 264 Å². The van der Waals surface area contributed by atoms with Crippen LogP contribution >= 0.6 is 34.8 Å². The molecule has 2 fully saturated rings. The highest BCUT2D eigenvalue weighted by Crippen LogP contribution is 2.35. The Hall–Kier alpha value is -8.59. The zero-order valence-electron chi connectivity index (χ0n) is 49.6. The number of aromatic amines is 2. The number of nitrogen functional groups attached to an aromatic ring is 1. The van der Waals surface area contributed by atoms with E-state index in [1.807, 2.05) is 144 Å². The molecule has 2 aliphatic rings. The summed E-state index contributed by atoms with van der Waals surface area (Å²) in [6.07, 6.45) is 11.6. The number of carbonyl (C=O) groups is 4. The number of nitrogens with two attached hydrogens (primary N) is 1. The summed E-state index contributed by atoms with van der Waals surface area (Å²) in [5, 5.41) is 26.9. The lowest BCUT2D eigenvalue weighted by Gasteiger charge is -2.38. The molecular formula is C65H77Cl3N14O6. The van der Waals surface area contributed by atoms with Gasteiger partial charge < -0.3 is 41.0 Å². The summed E-state index contributed by atoms with van der Waals surface area (Å²) in [6, 6.07) is 30.7. The van der Waals surface area contributed by atoms with Gasteiger partial charge in [-0.05, 0) is 164 Å². The Balaban J connectivity index is 0.000000231. The van der Waals surface area contributed by atoms with Crippen LogP contribution in [0.25, 0.3) is 44.6 Å². The maximum absolute atomic E-state index is 13.5. The number of H-pyrrole nitrogens is 2. The van der Waals surface area contributed by atoms with Crippen molar-refractivity contribution in [3.63, 3.8) is 0 Å². The molecule has 4 aromatic heterocycles. The molecular weight excluding hydrogens is 1180 g/mol. The molecule has 7 N–H and O–H groups in total. The van der Waals surface area contributed by atoms with E-state index in [4.69, 9.17) is 60.0 Å². The van der Waals surface area contributed by atoms with Gasteiger partial charge in [0.25, 0.3) is 0 Å². The second-order valence-electron chi connectivity index (χ2n) is 23.2. The van der Waals surface area contributed by atoms with Gasteiger partial charge >= 0.3 is 12.2 Å². The summed E-state index contributed by atoms with van der Waals surface area (Å²) in [5.74, 6) is 0.658. The number of allylic oxidation sites excluding steroid dienone is 1. The molecule has 23 heteroatoms. The third kappa shape index (κ3) is 18.7. The lowest BCUT2D eigenvalue weighted by Crippen LogP contribution is -2.46. The first-order valence-corrected chi connectivity index (χ1v) is 29.8. The van der Waals surface area contributed by atoms with E-state index in [1.165, 1.54) is 6.08 Å². The number of benzene rings is 4. The van der Waals surface area contributed by atoms with Crippen LogP contribution in [0.2, 0.25) is 10.0 Å². The number of fused-ring (bicyclic) bond motifs is 2. The van der Waals surface area contributed by atoms with Gasteiger partial charge in [-0.25, -0.2) is 29.5 Å². The average molecular weight is 1260 g/mol. The fourth-order valence-electron chi connectivity index (χ4n) is 10.2. The van der Waals surface area contributed by atoms with E-state index < -0.39 is 16.4 Å². The first-order valence-electron chi connectivity index (χ1n) is 28.7. The minimum absolute atomic E-state index is 0. The molecule has 2 aliphatic carbocycles. The second-order valence-corrected chi connectivity index (χ2v) is 24.4. The first-order chi connectivity index (χ1) is 41.5. The Morgan fingerprint density at radius 2 is 1.03 bits per heavy atom. The van der Waals surface area contributed by atoms with Gasteiger partial charge in [0.1, 0.15) is 34.0 Å². The maximum Gasteiger partial charge on any atom is 0.410 e. The van der Waals surface area contributed by atoms with Gasteiger partial charge in [-0.1, -0.05) is 104 Å². The fraction of sp³-hybridized carbons (Fsp3) is 0.354. The zero-order chi connectivity index (χ0) is 62.4. The smallest absolute Gasteiger partial charge is 0.410 e. The van der Waals surface area contributed by atoms with E-state index >= 15 is 0 Å². The van der Waals surface area contributed by atoms with Crippen LogP contribution in [0.15, 0.2) is 135 Å². The first kappa shape index (κ1) is 66.9. The number of aromatic nitrogens is 8. The van der Waals surface area contributed by atoms with Crippen molar-refractivity contribution in [3.05, 3.63) is 156 Å². The summed E-state index contributed by atoms with van der Waals surface area (Å²) in [5.41, 5.74) is 12.2. The molecule has 20 nitrogen and oxygen atoms in total. The highest BCUT2D eigenvalue weighted by molar-refractivity contribution is 6.66. The molecule has 88 heavy (non-hydrogen) atoms. The van der Waals surface area contributed by atoms with Crippen molar-refractivity contribution in [3.8, 4) is 22.8 Å². The van der Waals surface area contributed by atoms with Crippen LogP contribution in [0.5, 0.6) is 0 Å². The predicted octanol–water partition coefficient (Wildman–Crippen LogP) is 14.9. The average Bonchev–Trinajstić information content (AvgIpc) is 3.58. The number of para-hydroxylation sites is 2. The molecule has 0 aliphatic heterocycles. The molecule has 464 valence electrons. The third-order valence-corrected chi connectivity index (χ3v) is 14.9. The van der Waals surface area contributed by atoms with Gasteiger partial charge in [-0.2, -0.15) is 10.2 Å². The Labute approximate surface area is 528 Å². The Kier molecular flexibility index (Phi) is 23.1. The Morgan fingerprint density at radius 3 is 1.43 bits per heavy atom. The predicted molar refractivity (Wildman–Crippen MR) is 351 cm³/mol.